The Labute approximate surface area is 124 Å². The van der Waals surface area contributed by atoms with E-state index in [0.29, 0.717) is 25.0 Å². The van der Waals surface area contributed by atoms with E-state index >= 15 is 0 Å². The first-order chi connectivity index (χ1) is 10.1. The summed E-state index contributed by atoms with van der Waals surface area (Å²) in [6.07, 6.45) is 2.89. The standard InChI is InChI=1S/C16H21NO4/c1-21-10-11-4-2-5-12(8-11)15(18)17-14-7-3-6-13(9-14)16(19)20/h2,4-5,8,13-14H,3,6-7,9-10H2,1H3,(H,17,18)(H,19,20). The first kappa shape index (κ1) is 15.5. The van der Waals surface area contributed by atoms with Crippen molar-refractivity contribution in [1.82, 2.24) is 5.32 Å². The van der Waals surface area contributed by atoms with Gasteiger partial charge in [0.15, 0.2) is 0 Å². The van der Waals surface area contributed by atoms with Crippen LogP contribution in [0.5, 0.6) is 0 Å². The summed E-state index contributed by atoms with van der Waals surface area (Å²) in [5, 5.41) is 12.0. The van der Waals surface area contributed by atoms with Crippen LogP contribution in [0.25, 0.3) is 0 Å². The molecule has 21 heavy (non-hydrogen) atoms. The zero-order chi connectivity index (χ0) is 15.2. The number of carbonyl (C=O) groups excluding carboxylic acids is 1. The molecule has 2 rings (SSSR count). The normalized spacial score (nSPS) is 21.8. The summed E-state index contributed by atoms with van der Waals surface area (Å²) in [4.78, 5) is 23.3. The van der Waals surface area contributed by atoms with Gasteiger partial charge in [0.05, 0.1) is 12.5 Å². The molecule has 2 unspecified atom stereocenters. The maximum Gasteiger partial charge on any atom is 0.306 e. The molecule has 1 aromatic carbocycles. The van der Waals surface area contributed by atoms with Crippen LogP contribution in [-0.2, 0) is 16.1 Å². The van der Waals surface area contributed by atoms with E-state index in [9.17, 15) is 9.59 Å². The zero-order valence-corrected chi connectivity index (χ0v) is 12.2. The van der Waals surface area contributed by atoms with Gasteiger partial charge in [-0.05, 0) is 37.0 Å². The molecule has 0 spiro atoms. The number of nitrogens with one attached hydrogen (secondary N) is 1. The number of hydrogen-bond donors (Lipinski definition) is 2. The Bertz CT molecular complexity index is 515. The molecule has 1 saturated carbocycles. The molecule has 5 nitrogen and oxygen atoms in total. The lowest BCUT2D eigenvalue weighted by molar-refractivity contribution is -0.143. The molecule has 2 N–H and O–H groups in total. The monoisotopic (exact) mass is 291 g/mol. The van der Waals surface area contributed by atoms with Crippen LogP contribution >= 0.6 is 0 Å². The minimum atomic E-state index is -0.768. The van der Waals surface area contributed by atoms with Gasteiger partial charge in [-0.2, -0.15) is 0 Å². The van der Waals surface area contributed by atoms with Gasteiger partial charge >= 0.3 is 5.97 Å². The molecule has 1 aliphatic rings. The second-order valence-corrected chi connectivity index (χ2v) is 5.51. The number of ether oxygens (including phenoxy) is 1. The molecule has 0 aromatic heterocycles. The van der Waals surface area contributed by atoms with Crippen LogP contribution in [-0.4, -0.2) is 30.1 Å². The van der Waals surface area contributed by atoms with E-state index in [4.69, 9.17) is 9.84 Å². The molecule has 5 heteroatoms. The maximum absolute atomic E-state index is 12.2. The van der Waals surface area contributed by atoms with Gasteiger partial charge in [-0.3, -0.25) is 9.59 Å². The topological polar surface area (TPSA) is 75.6 Å². The molecule has 1 aliphatic carbocycles. The average molecular weight is 291 g/mol. The SMILES string of the molecule is COCc1cccc(C(=O)NC2CCCC(C(=O)O)C2)c1. The van der Waals surface area contributed by atoms with E-state index in [-0.39, 0.29) is 17.9 Å². The molecule has 0 heterocycles. The van der Waals surface area contributed by atoms with E-state index in [0.717, 1.165) is 18.4 Å². The molecule has 1 amide bonds. The van der Waals surface area contributed by atoms with Gasteiger partial charge in [-0.25, -0.2) is 0 Å². The minimum absolute atomic E-state index is 0.0570. The first-order valence-corrected chi connectivity index (χ1v) is 7.21. The Hall–Kier alpha value is -1.88. The fourth-order valence-corrected chi connectivity index (χ4v) is 2.78. The lowest BCUT2D eigenvalue weighted by atomic mass is 9.85. The lowest BCUT2D eigenvalue weighted by Crippen LogP contribution is -2.39. The highest BCUT2D eigenvalue weighted by Gasteiger charge is 2.27. The fraction of sp³-hybridized carbons (Fsp3) is 0.500. The van der Waals surface area contributed by atoms with E-state index in [2.05, 4.69) is 5.32 Å². The highest BCUT2D eigenvalue weighted by molar-refractivity contribution is 5.94. The van der Waals surface area contributed by atoms with Crippen molar-refractivity contribution in [2.24, 2.45) is 5.92 Å². The quantitative estimate of drug-likeness (QED) is 0.872. The molecule has 0 bridgehead atoms. The molecule has 2 atom stereocenters. The van der Waals surface area contributed by atoms with E-state index < -0.39 is 5.97 Å². The number of amides is 1. The van der Waals surface area contributed by atoms with Crippen molar-refractivity contribution >= 4 is 11.9 Å². The minimum Gasteiger partial charge on any atom is -0.481 e. The van der Waals surface area contributed by atoms with Gasteiger partial charge in [0.2, 0.25) is 0 Å². The van der Waals surface area contributed by atoms with Crippen LogP contribution in [0, 0.1) is 5.92 Å². The van der Waals surface area contributed by atoms with Crippen molar-refractivity contribution < 1.29 is 19.4 Å². The van der Waals surface area contributed by atoms with Crippen molar-refractivity contribution in [2.75, 3.05) is 7.11 Å². The van der Waals surface area contributed by atoms with E-state index in [1.165, 1.54) is 0 Å². The summed E-state index contributed by atoms with van der Waals surface area (Å²) in [6, 6.07) is 7.23. The molecule has 0 radical (unpaired) electrons. The molecule has 0 saturated heterocycles. The molecular weight excluding hydrogens is 270 g/mol. The van der Waals surface area contributed by atoms with Crippen molar-refractivity contribution in [3.8, 4) is 0 Å². The summed E-state index contributed by atoms with van der Waals surface area (Å²) in [7, 11) is 1.61. The fourth-order valence-electron chi connectivity index (χ4n) is 2.78. The number of methoxy groups -OCH3 is 1. The largest absolute Gasteiger partial charge is 0.481 e. The first-order valence-electron chi connectivity index (χ1n) is 7.21. The predicted octanol–water partition coefficient (Wildman–Crippen LogP) is 2.21. The average Bonchev–Trinajstić information content (AvgIpc) is 2.48. The van der Waals surface area contributed by atoms with Crippen LogP contribution in [0.3, 0.4) is 0 Å². The number of rotatable bonds is 5. The third-order valence-corrected chi connectivity index (χ3v) is 3.86. The third kappa shape index (κ3) is 4.29. The highest BCUT2D eigenvalue weighted by Crippen LogP contribution is 2.24. The Morgan fingerprint density at radius 3 is 2.90 bits per heavy atom. The molecule has 1 fully saturated rings. The van der Waals surface area contributed by atoms with Crippen LogP contribution in [0.4, 0.5) is 0 Å². The molecular formula is C16H21NO4. The second kappa shape index (κ2) is 7.22. The van der Waals surface area contributed by atoms with Crippen molar-refractivity contribution in [1.29, 1.82) is 0 Å². The summed E-state index contributed by atoms with van der Waals surface area (Å²) in [5.74, 6) is -1.26. The van der Waals surface area contributed by atoms with Crippen LogP contribution in [0.1, 0.15) is 41.6 Å². The summed E-state index contributed by atoms with van der Waals surface area (Å²) in [5.41, 5.74) is 1.53. The van der Waals surface area contributed by atoms with Gasteiger partial charge in [0.25, 0.3) is 5.91 Å². The van der Waals surface area contributed by atoms with Crippen molar-refractivity contribution in [3.63, 3.8) is 0 Å². The smallest absolute Gasteiger partial charge is 0.306 e. The van der Waals surface area contributed by atoms with Gasteiger partial charge in [-0.1, -0.05) is 18.6 Å². The van der Waals surface area contributed by atoms with Crippen LogP contribution in [0.15, 0.2) is 24.3 Å². The van der Waals surface area contributed by atoms with Gasteiger partial charge < -0.3 is 15.2 Å². The summed E-state index contributed by atoms with van der Waals surface area (Å²) in [6.45, 7) is 0.464. The lowest BCUT2D eigenvalue weighted by Gasteiger charge is -2.27. The number of carbonyl (C=O) groups is 2. The van der Waals surface area contributed by atoms with Gasteiger partial charge in [-0.15, -0.1) is 0 Å². The summed E-state index contributed by atoms with van der Waals surface area (Å²) >= 11 is 0. The van der Waals surface area contributed by atoms with E-state index in [1.54, 1.807) is 19.2 Å². The Balaban J connectivity index is 1.97. The highest BCUT2D eigenvalue weighted by atomic mass is 16.5. The number of carboxylic acid groups (broad SMARTS) is 1. The van der Waals surface area contributed by atoms with Crippen LogP contribution < -0.4 is 5.32 Å². The van der Waals surface area contributed by atoms with E-state index in [1.807, 2.05) is 12.1 Å². The number of hydrogen-bond acceptors (Lipinski definition) is 3. The molecule has 1 aromatic rings. The maximum atomic E-state index is 12.2. The predicted molar refractivity (Wildman–Crippen MR) is 78.0 cm³/mol. The molecule has 0 aliphatic heterocycles. The number of benzene rings is 1. The van der Waals surface area contributed by atoms with Crippen molar-refractivity contribution in [3.05, 3.63) is 35.4 Å². The Morgan fingerprint density at radius 1 is 1.38 bits per heavy atom. The third-order valence-electron chi connectivity index (χ3n) is 3.86. The molecule has 114 valence electrons. The van der Waals surface area contributed by atoms with Gasteiger partial charge in [0.1, 0.15) is 0 Å². The second-order valence-electron chi connectivity index (χ2n) is 5.51. The summed E-state index contributed by atoms with van der Waals surface area (Å²) < 4.78 is 5.06. The Kier molecular flexibility index (Phi) is 5.33. The number of aliphatic carboxylic acids is 1. The van der Waals surface area contributed by atoms with Crippen molar-refractivity contribution in [2.45, 2.75) is 38.3 Å². The Morgan fingerprint density at radius 2 is 2.19 bits per heavy atom. The van der Waals surface area contributed by atoms with Crippen LogP contribution in [0.2, 0.25) is 0 Å². The number of carboxylic acids is 1. The van der Waals surface area contributed by atoms with Gasteiger partial charge in [0, 0.05) is 18.7 Å². The zero-order valence-electron chi connectivity index (χ0n) is 12.2.